The molecular formula is C21H24N6O2. The molecule has 1 aliphatic rings. The van der Waals surface area contributed by atoms with E-state index in [2.05, 4.69) is 15.5 Å². The van der Waals surface area contributed by atoms with Gasteiger partial charge in [0.2, 0.25) is 11.8 Å². The Morgan fingerprint density at radius 2 is 2.10 bits per heavy atom. The molecule has 1 aromatic carbocycles. The SMILES string of the molecule is Cc1ccn(CCC(=O)N2CCC[C@@H]2C(=O)Nc2cccc(-n3cccn3)c2)n1. The zero-order chi connectivity index (χ0) is 20.2. The molecule has 1 atom stereocenters. The fraction of sp³-hybridized carbons (Fsp3) is 0.333. The van der Waals surface area contributed by atoms with E-state index in [0.29, 0.717) is 31.6 Å². The highest BCUT2D eigenvalue weighted by molar-refractivity contribution is 5.97. The molecule has 29 heavy (non-hydrogen) atoms. The van der Waals surface area contributed by atoms with Crippen LogP contribution in [0.25, 0.3) is 5.69 Å². The van der Waals surface area contributed by atoms with Crippen LogP contribution in [0.3, 0.4) is 0 Å². The molecule has 3 heterocycles. The van der Waals surface area contributed by atoms with Gasteiger partial charge in [-0.2, -0.15) is 10.2 Å². The summed E-state index contributed by atoms with van der Waals surface area (Å²) < 4.78 is 3.50. The first-order valence-electron chi connectivity index (χ1n) is 9.80. The number of carbonyl (C=O) groups excluding carboxylic acids is 2. The van der Waals surface area contributed by atoms with Crippen LogP contribution in [-0.2, 0) is 16.1 Å². The zero-order valence-corrected chi connectivity index (χ0v) is 16.4. The van der Waals surface area contributed by atoms with E-state index in [1.54, 1.807) is 20.5 Å². The molecule has 0 saturated carbocycles. The van der Waals surface area contributed by atoms with Gasteiger partial charge in [0.15, 0.2) is 0 Å². The average Bonchev–Trinajstić information content (AvgIpc) is 3.47. The Balaban J connectivity index is 1.38. The lowest BCUT2D eigenvalue weighted by Gasteiger charge is -2.24. The van der Waals surface area contributed by atoms with E-state index in [9.17, 15) is 9.59 Å². The van der Waals surface area contributed by atoms with Crippen LogP contribution in [0.4, 0.5) is 5.69 Å². The van der Waals surface area contributed by atoms with Crippen LogP contribution >= 0.6 is 0 Å². The lowest BCUT2D eigenvalue weighted by molar-refractivity contribution is -0.136. The maximum Gasteiger partial charge on any atom is 0.247 e. The van der Waals surface area contributed by atoms with Crippen LogP contribution < -0.4 is 5.32 Å². The third kappa shape index (κ3) is 4.37. The molecule has 1 fully saturated rings. The molecule has 8 heteroatoms. The van der Waals surface area contributed by atoms with E-state index < -0.39 is 6.04 Å². The Labute approximate surface area is 169 Å². The van der Waals surface area contributed by atoms with E-state index in [1.807, 2.05) is 55.7 Å². The summed E-state index contributed by atoms with van der Waals surface area (Å²) in [5.74, 6) is -0.163. The minimum absolute atomic E-state index is 0.0129. The van der Waals surface area contributed by atoms with Gasteiger partial charge in [-0.1, -0.05) is 6.07 Å². The maximum absolute atomic E-state index is 12.9. The Morgan fingerprint density at radius 1 is 1.21 bits per heavy atom. The molecule has 0 unspecified atom stereocenters. The fourth-order valence-corrected chi connectivity index (χ4v) is 3.65. The average molecular weight is 392 g/mol. The molecule has 2 aromatic heterocycles. The monoisotopic (exact) mass is 392 g/mol. The van der Waals surface area contributed by atoms with Crippen molar-refractivity contribution in [2.45, 2.75) is 38.8 Å². The Bertz CT molecular complexity index is 994. The third-order valence-electron chi connectivity index (χ3n) is 5.09. The van der Waals surface area contributed by atoms with Gasteiger partial charge >= 0.3 is 0 Å². The fourth-order valence-electron chi connectivity index (χ4n) is 3.65. The Kier molecular flexibility index (Phi) is 5.41. The van der Waals surface area contributed by atoms with Crippen LogP contribution in [0.1, 0.15) is 25.0 Å². The van der Waals surface area contributed by atoms with Crippen molar-refractivity contribution >= 4 is 17.5 Å². The van der Waals surface area contributed by atoms with Crippen molar-refractivity contribution in [3.8, 4) is 5.69 Å². The molecule has 2 amide bonds. The normalized spacial score (nSPS) is 16.2. The number of nitrogens with zero attached hydrogens (tertiary/aromatic N) is 5. The number of carbonyl (C=O) groups is 2. The number of aryl methyl sites for hydroxylation is 2. The number of likely N-dealkylation sites (tertiary alicyclic amines) is 1. The van der Waals surface area contributed by atoms with E-state index in [0.717, 1.165) is 17.8 Å². The highest BCUT2D eigenvalue weighted by Crippen LogP contribution is 2.21. The molecule has 1 saturated heterocycles. The molecule has 1 aliphatic heterocycles. The van der Waals surface area contributed by atoms with Crippen molar-refractivity contribution in [1.29, 1.82) is 0 Å². The van der Waals surface area contributed by atoms with Gasteiger partial charge in [-0.3, -0.25) is 14.3 Å². The van der Waals surface area contributed by atoms with Crippen LogP contribution in [0, 0.1) is 6.92 Å². The molecule has 0 radical (unpaired) electrons. The number of nitrogens with one attached hydrogen (secondary N) is 1. The molecule has 150 valence electrons. The first-order chi connectivity index (χ1) is 14.1. The first-order valence-corrected chi connectivity index (χ1v) is 9.80. The number of anilines is 1. The summed E-state index contributed by atoms with van der Waals surface area (Å²) in [7, 11) is 0. The highest BCUT2D eigenvalue weighted by Gasteiger charge is 2.33. The summed E-state index contributed by atoms with van der Waals surface area (Å²) >= 11 is 0. The Hall–Kier alpha value is -3.42. The van der Waals surface area contributed by atoms with Crippen LogP contribution in [0.5, 0.6) is 0 Å². The predicted octanol–water partition coefficient (Wildman–Crippen LogP) is 2.40. The van der Waals surface area contributed by atoms with E-state index in [4.69, 9.17) is 0 Å². The minimum atomic E-state index is -0.435. The lowest BCUT2D eigenvalue weighted by atomic mass is 10.2. The van der Waals surface area contributed by atoms with Crippen molar-refractivity contribution in [2.24, 2.45) is 0 Å². The molecule has 0 spiro atoms. The number of amides is 2. The second kappa shape index (κ2) is 8.30. The second-order valence-electron chi connectivity index (χ2n) is 7.21. The van der Waals surface area contributed by atoms with Crippen molar-refractivity contribution < 1.29 is 9.59 Å². The smallest absolute Gasteiger partial charge is 0.247 e. The maximum atomic E-state index is 12.9. The van der Waals surface area contributed by atoms with E-state index in [-0.39, 0.29) is 11.8 Å². The summed E-state index contributed by atoms with van der Waals surface area (Å²) in [4.78, 5) is 27.3. The number of rotatable bonds is 6. The highest BCUT2D eigenvalue weighted by atomic mass is 16.2. The molecule has 0 bridgehead atoms. The van der Waals surface area contributed by atoms with Gasteiger partial charge in [0.25, 0.3) is 0 Å². The van der Waals surface area contributed by atoms with E-state index >= 15 is 0 Å². The molecular weight excluding hydrogens is 368 g/mol. The van der Waals surface area contributed by atoms with Crippen LogP contribution in [0.15, 0.2) is 55.0 Å². The standard InChI is InChI=1S/C21H24N6O2/c1-16-8-13-25(24-16)14-9-20(28)26-11-3-7-19(26)21(29)23-17-5-2-6-18(15-17)27-12-4-10-22-27/h2,4-6,8,10,12-13,15,19H,3,7,9,11,14H2,1H3,(H,23,29)/t19-/m1/s1. The number of hydrogen-bond acceptors (Lipinski definition) is 4. The van der Waals surface area contributed by atoms with Crippen LogP contribution in [0.2, 0.25) is 0 Å². The molecule has 8 nitrogen and oxygen atoms in total. The molecule has 0 aliphatic carbocycles. The summed E-state index contributed by atoms with van der Waals surface area (Å²) in [6, 6.07) is 10.8. The van der Waals surface area contributed by atoms with Gasteiger partial charge in [0, 0.05) is 43.8 Å². The summed E-state index contributed by atoms with van der Waals surface area (Å²) in [5, 5.41) is 11.5. The van der Waals surface area contributed by atoms with Gasteiger partial charge in [-0.15, -0.1) is 0 Å². The number of benzene rings is 1. The first kappa shape index (κ1) is 18.9. The second-order valence-corrected chi connectivity index (χ2v) is 7.21. The van der Waals surface area contributed by atoms with Gasteiger partial charge < -0.3 is 10.2 Å². The van der Waals surface area contributed by atoms with Crippen molar-refractivity contribution in [1.82, 2.24) is 24.5 Å². The summed E-state index contributed by atoms with van der Waals surface area (Å²) in [6.45, 7) is 3.05. The number of aromatic nitrogens is 4. The molecule has 4 rings (SSSR count). The number of hydrogen-bond donors (Lipinski definition) is 1. The van der Waals surface area contributed by atoms with Gasteiger partial charge in [0.1, 0.15) is 6.04 Å². The van der Waals surface area contributed by atoms with Crippen molar-refractivity contribution in [3.05, 3.63) is 60.7 Å². The van der Waals surface area contributed by atoms with Gasteiger partial charge in [-0.05, 0) is 50.1 Å². The topological polar surface area (TPSA) is 85.0 Å². The van der Waals surface area contributed by atoms with Crippen molar-refractivity contribution in [2.75, 3.05) is 11.9 Å². The zero-order valence-electron chi connectivity index (χ0n) is 16.4. The van der Waals surface area contributed by atoms with Gasteiger partial charge in [-0.25, -0.2) is 4.68 Å². The van der Waals surface area contributed by atoms with Crippen LogP contribution in [-0.4, -0.2) is 48.9 Å². The predicted molar refractivity (Wildman–Crippen MR) is 109 cm³/mol. The molecule has 3 aromatic rings. The Morgan fingerprint density at radius 3 is 2.86 bits per heavy atom. The third-order valence-corrected chi connectivity index (χ3v) is 5.09. The quantitative estimate of drug-likeness (QED) is 0.698. The summed E-state index contributed by atoms with van der Waals surface area (Å²) in [6.07, 6.45) is 7.26. The van der Waals surface area contributed by atoms with Crippen molar-refractivity contribution in [3.63, 3.8) is 0 Å². The summed E-state index contributed by atoms with van der Waals surface area (Å²) in [5.41, 5.74) is 2.48. The lowest BCUT2D eigenvalue weighted by Crippen LogP contribution is -2.43. The van der Waals surface area contributed by atoms with E-state index in [1.165, 1.54) is 0 Å². The molecule has 1 N–H and O–H groups in total. The minimum Gasteiger partial charge on any atom is -0.331 e. The van der Waals surface area contributed by atoms with Gasteiger partial charge in [0.05, 0.1) is 11.4 Å². The largest absolute Gasteiger partial charge is 0.331 e.